The molecule has 230 valence electrons. The molecule has 0 radical (unpaired) electrons. The molecule has 2 atom stereocenters. The van der Waals surface area contributed by atoms with E-state index in [0.717, 1.165) is 12.1 Å². The zero-order valence-corrected chi connectivity index (χ0v) is 26.4. The van der Waals surface area contributed by atoms with Gasteiger partial charge in [0.25, 0.3) is 0 Å². The van der Waals surface area contributed by atoms with Crippen LogP contribution in [0.2, 0.25) is 0 Å². The molecule has 15 nitrogen and oxygen atoms in total. The van der Waals surface area contributed by atoms with Crippen LogP contribution in [0.3, 0.4) is 0 Å². The number of primary amides is 1. The summed E-state index contributed by atoms with van der Waals surface area (Å²) in [6.07, 6.45) is 0.421. The molecule has 1 unspecified atom stereocenters. The Morgan fingerprint density at radius 2 is 2.02 bits per heavy atom. The number of thiazole rings is 1. The van der Waals surface area contributed by atoms with Gasteiger partial charge in [-0.05, 0) is 50.9 Å². The molecule has 42 heavy (non-hydrogen) atoms. The maximum absolute atomic E-state index is 11.7. The van der Waals surface area contributed by atoms with Crippen LogP contribution in [0, 0.1) is 5.41 Å². The highest BCUT2D eigenvalue weighted by Gasteiger charge is 2.45. The number of hydrogen-bond donors (Lipinski definition) is 3. The SMILES string of the molecule is CC(C)(C)C(=O)OCC(C(N)=O)c1csc(N)n1.CN(C)CCn1nnnc1SCC1=C(C(=O)O)N2C(=O)C[C@@H]2SC1. The number of β-lactam (4-membered cyclic amide) rings is 1. The number of amides is 2. The summed E-state index contributed by atoms with van der Waals surface area (Å²) in [4.78, 5) is 53.7. The van der Waals surface area contributed by atoms with Crippen LogP contribution in [0.4, 0.5) is 5.13 Å². The molecule has 0 aliphatic carbocycles. The minimum Gasteiger partial charge on any atom is -0.477 e. The summed E-state index contributed by atoms with van der Waals surface area (Å²) in [5, 5.41) is 23.7. The fourth-order valence-electron chi connectivity index (χ4n) is 3.63. The fraction of sp³-hybridized carbons (Fsp3) is 0.583. The number of aromatic nitrogens is 5. The second-order valence-corrected chi connectivity index (χ2v) is 13.7. The lowest BCUT2D eigenvalue weighted by Gasteiger charge is -2.43. The third kappa shape index (κ3) is 8.65. The fourth-order valence-corrected chi connectivity index (χ4v) is 6.55. The molecule has 2 amide bonds. The van der Waals surface area contributed by atoms with Crippen molar-refractivity contribution >= 4 is 63.7 Å². The Morgan fingerprint density at radius 3 is 2.57 bits per heavy atom. The Balaban J connectivity index is 0.000000241. The number of aliphatic carboxylic acids is 1. The van der Waals surface area contributed by atoms with Crippen LogP contribution in [-0.4, -0.2) is 108 Å². The Morgan fingerprint density at radius 1 is 1.31 bits per heavy atom. The van der Waals surface area contributed by atoms with Crippen LogP contribution in [0.25, 0.3) is 0 Å². The van der Waals surface area contributed by atoms with E-state index in [4.69, 9.17) is 16.2 Å². The first-order chi connectivity index (χ1) is 19.7. The van der Waals surface area contributed by atoms with Crippen molar-refractivity contribution in [1.29, 1.82) is 0 Å². The molecule has 2 aromatic heterocycles. The molecule has 18 heteroatoms. The van der Waals surface area contributed by atoms with Gasteiger partial charge in [-0.1, -0.05) is 11.8 Å². The number of carboxylic acid groups (broad SMARTS) is 1. The summed E-state index contributed by atoms with van der Waals surface area (Å²) < 4.78 is 6.79. The van der Waals surface area contributed by atoms with Gasteiger partial charge in [-0.15, -0.1) is 28.2 Å². The van der Waals surface area contributed by atoms with Gasteiger partial charge in [-0.2, -0.15) is 0 Å². The van der Waals surface area contributed by atoms with Crippen molar-refractivity contribution in [2.24, 2.45) is 11.1 Å². The zero-order chi connectivity index (χ0) is 31.2. The number of carbonyl (C=O) groups is 4. The van der Waals surface area contributed by atoms with Crippen molar-refractivity contribution in [3.63, 3.8) is 0 Å². The standard InChI is InChI=1S/C13H18N6O3S2.C11H17N3O3S/c1-17(2)3-4-18-13(14-15-16-18)24-7-8-6-23-10-5-9(20)19(10)11(8)12(21)22;1-11(2,3)9(16)17-4-6(8(12)15)7-5-18-10(13)14-7/h10H,3-7H2,1-2H3,(H,21,22);5-6H,4H2,1-3H3,(H2,12,15)(H2,13,14)/t10-;/m0./s1. The molecule has 2 aromatic rings. The number of rotatable bonds is 11. The number of esters is 1. The largest absolute Gasteiger partial charge is 0.477 e. The van der Waals surface area contributed by atoms with Gasteiger partial charge in [0.15, 0.2) is 5.13 Å². The number of nitrogens with zero attached hydrogens (tertiary/aromatic N) is 7. The van der Waals surface area contributed by atoms with Gasteiger partial charge in [0.1, 0.15) is 18.2 Å². The molecule has 1 fully saturated rings. The molecule has 5 N–H and O–H groups in total. The van der Waals surface area contributed by atoms with Gasteiger partial charge in [0.05, 0.1) is 29.4 Å². The number of nitrogen functional groups attached to an aromatic ring is 1. The van der Waals surface area contributed by atoms with Crippen LogP contribution in [0.1, 0.15) is 38.8 Å². The van der Waals surface area contributed by atoms with Crippen molar-refractivity contribution in [2.75, 3.05) is 44.5 Å². The summed E-state index contributed by atoms with van der Waals surface area (Å²) in [5.74, 6) is -1.85. The predicted molar refractivity (Wildman–Crippen MR) is 158 cm³/mol. The first-order valence-electron chi connectivity index (χ1n) is 12.8. The molecule has 4 heterocycles. The average Bonchev–Trinajstić information content (AvgIpc) is 3.53. The molecule has 0 spiro atoms. The van der Waals surface area contributed by atoms with E-state index in [1.165, 1.54) is 28.0 Å². The van der Waals surface area contributed by atoms with E-state index >= 15 is 0 Å². The number of tetrazole rings is 1. The Hall–Kier alpha value is -3.22. The smallest absolute Gasteiger partial charge is 0.352 e. The number of ether oxygens (including phenoxy) is 1. The highest BCUT2D eigenvalue weighted by Crippen LogP contribution is 2.41. The van der Waals surface area contributed by atoms with E-state index in [9.17, 15) is 24.3 Å². The number of fused-ring (bicyclic) bond motifs is 1. The number of nitrogens with two attached hydrogens (primary N) is 2. The van der Waals surface area contributed by atoms with Crippen molar-refractivity contribution in [3.05, 3.63) is 22.3 Å². The number of likely N-dealkylation sites (N-methyl/N-ethyl adjacent to an activating group) is 1. The minimum absolute atomic E-state index is 0.0252. The van der Waals surface area contributed by atoms with Crippen LogP contribution in [-0.2, 0) is 30.5 Å². The van der Waals surface area contributed by atoms with Crippen molar-refractivity contribution < 1.29 is 29.0 Å². The lowest BCUT2D eigenvalue weighted by Crippen LogP contribution is -2.54. The van der Waals surface area contributed by atoms with Gasteiger partial charge in [-0.3, -0.25) is 19.3 Å². The summed E-state index contributed by atoms with van der Waals surface area (Å²) in [7, 11) is 3.95. The number of hydrogen-bond acceptors (Lipinski definition) is 14. The molecule has 0 aromatic carbocycles. The third-order valence-corrected chi connectivity index (χ3v) is 9.01. The zero-order valence-electron chi connectivity index (χ0n) is 24.0. The predicted octanol–water partition coefficient (Wildman–Crippen LogP) is 0.854. The maximum Gasteiger partial charge on any atom is 0.352 e. The maximum atomic E-state index is 11.7. The van der Waals surface area contributed by atoms with Crippen molar-refractivity contribution in [1.82, 2.24) is 35.0 Å². The van der Waals surface area contributed by atoms with Gasteiger partial charge in [-0.25, -0.2) is 14.5 Å². The van der Waals surface area contributed by atoms with Crippen LogP contribution in [0.5, 0.6) is 0 Å². The first kappa shape index (κ1) is 33.3. The van der Waals surface area contributed by atoms with E-state index in [0.29, 0.717) is 40.5 Å². The Kier molecular flexibility index (Phi) is 11.3. The normalized spacial score (nSPS) is 17.2. The highest BCUT2D eigenvalue weighted by atomic mass is 32.2. The van der Waals surface area contributed by atoms with Crippen LogP contribution >= 0.6 is 34.9 Å². The van der Waals surface area contributed by atoms with E-state index in [2.05, 4.69) is 20.5 Å². The monoisotopic (exact) mass is 641 g/mol. The molecule has 2 aliphatic rings. The summed E-state index contributed by atoms with van der Waals surface area (Å²) in [6.45, 7) is 6.55. The van der Waals surface area contributed by atoms with Crippen molar-refractivity contribution in [3.8, 4) is 0 Å². The molecule has 2 aliphatic heterocycles. The second kappa shape index (κ2) is 14.3. The lowest BCUT2D eigenvalue weighted by molar-refractivity contribution is -0.154. The molecular weight excluding hydrogens is 607 g/mol. The third-order valence-electron chi connectivity index (χ3n) is 6.00. The molecule has 1 saturated heterocycles. The molecule has 0 bridgehead atoms. The molecule has 0 saturated carbocycles. The van der Waals surface area contributed by atoms with Gasteiger partial charge >= 0.3 is 11.9 Å². The average molecular weight is 642 g/mol. The minimum atomic E-state index is -1.05. The molecule has 4 rings (SSSR count). The van der Waals surface area contributed by atoms with Gasteiger partial charge < -0.3 is 26.2 Å². The lowest BCUT2D eigenvalue weighted by atomic mass is 9.97. The number of carboxylic acids is 1. The van der Waals surface area contributed by atoms with Crippen molar-refractivity contribution in [2.45, 2.75) is 50.2 Å². The quantitative estimate of drug-likeness (QED) is 0.176. The Labute approximate surface area is 255 Å². The second-order valence-electron chi connectivity index (χ2n) is 10.7. The van der Waals surface area contributed by atoms with Gasteiger partial charge in [0, 0.05) is 23.4 Å². The summed E-state index contributed by atoms with van der Waals surface area (Å²) in [6, 6.07) is 0. The number of anilines is 1. The number of thioether (sulfide) groups is 2. The summed E-state index contributed by atoms with van der Waals surface area (Å²) in [5.41, 5.74) is 11.4. The van der Waals surface area contributed by atoms with E-state index in [1.807, 2.05) is 19.0 Å². The summed E-state index contributed by atoms with van der Waals surface area (Å²) >= 11 is 4.21. The highest BCUT2D eigenvalue weighted by molar-refractivity contribution is 8.00. The van der Waals surface area contributed by atoms with E-state index in [1.54, 1.807) is 42.6 Å². The first-order valence-corrected chi connectivity index (χ1v) is 15.7. The molecular formula is C24H35N9O6S3. The topological polar surface area (TPSA) is 213 Å². The Bertz CT molecular complexity index is 1340. The van der Waals surface area contributed by atoms with Crippen LogP contribution in [0.15, 0.2) is 21.8 Å². The number of carbonyl (C=O) groups excluding carboxylic acids is 3. The van der Waals surface area contributed by atoms with E-state index < -0.39 is 29.2 Å². The van der Waals surface area contributed by atoms with Crippen LogP contribution < -0.4 is 11.5 Å². The van der Waals surface area contributed by atoms with Gasteiger partial charge in [0.2, 0.25) is 17.0 Å². The van der Waals surface area contributed by atoms with E-state index in [-0.39, 0.29) is 23.6 Å².